The number of fused-ring (bicyclic) bond motifs is 2. The largest absolute Gasteiger partial charge is 0.462 e. The number of nitrogens with zero attached hydrogens (tertiary/aromatic N) is 7. The van der Waals surface area contributed by atoms with Crippen molar-refractivity contribution >= 4 is 39.8 Å². The van der Waals surface area contributed by atoms with Crippen LogP contribution in [0, 0.1) is 11.3 Å². The number of carbonyl (C=O) groups excluding carboxylic acids is 1. The molecule has 2 fully saturated rings. The van der Waals surface area contributed by atoms with Gasteiger partial charge in [-0.1, -0.05) is 41.9 Å². The van der Waals surface area contributed by atoms with Crippen LogP contribution in [0.4, 0.5) is 20.3 Å². The van der Waals surface area contributed by atoms with Gasteiger partial charge in [-0.3, -0.25) is 9.69 Å². The molecule has 1 amide bonds. The zero-order valence-electron chi connectivity index (χ0n) is 26.5. The summed E-state index contributed by atoms with van der Waals surface area (Å²) in [6.07, 6.45) is 3.66. The van der Waals surface area contributed by atoms with Gasteiger partial charge in [0.25, 0.3) is 5.92 Å². The van der Waals surface area contributed by atoms with Gasteiger partial charge in [0.05, 0.1) is 48.9 Å². The van der Waals surface area contributed by atoms with Gasteiger partial charge in [-0.2, -0.15) is 15.2 Å². The van der Waals surface area contributed by atoms with E-state index in [-0.39, 0.29) is 44.0 Å². The van der Waals surface area contributed by atoms with Crippen molar-refractivity contribution in [2.24, 2.45) is 0 Å². The summed E-state index contributed by atoms with van der Waals surface area (Å²) in [4.78, 5) is 30.3. The molecule has 13 heteroatoms. The third kappa shape index (κ3) is 7.12. The van der Waals surface area contributed by atoms with Crippen molar-refractivity contribution in [2.75, 3.05) is 69.9 Å². The number of amides is 1. The van der Waals surface area contributed by atoms with Crippen LogP contribution >= 0.6 is 11.6 Å². The number of anilines is 2. The molecular formula is C34H38ClF2N7O3. The second kappa shape index (κ2) is 14.0. The predicted octanol–water partition coefficient (Wildman–Crippen LogP) is 4.70. The smallest absolute Gasteiger partial charge is 0.318 e. The summed E-state index contributed by atoms with van der Waals surface area (Å²) in [5, 5.41) is 12.3. The molecule has 0 bridgehead atoms. The number of halogens is 3. The van der Waals surface area contributed by atoms with Crippen molar-refractivity contribution in [1.82, 2.24) is 19.8 Å². The van der Waals surface area contributed by atoms with Crippen molar-refractivity contribution in [3.8, 4) is 12.1 Å². The standard InChI is InChI=1S/C34H38ClF2N7O3/c1-41-22-34(36,37)18-25(41)21-47-33-39-28-20-42(29-9-4-7-23-6-3-8-27(35)31(23)29)14-12-26(28)32(40-33)43-15-16-44(24(19-43)11-13-38)30(45)10-5-17-46-2/h3-10,24-25H,11-12,14-22H2,1-2H3/b10-5+/t24-,25-/m0/s1. The van der Waals surface area contributed by atoms with Crippen LogP contribution in [0.25, 0.3) is 10.8 Å². The zero-order valence-corrected chi connectivity index (χ0v) is 27.3. The number of nitriles is 1. The Morgan fingerprint density at radius 2 is 1.96 bits per heavy atom. The first-order chi connectivity index (χ1) is 22.7. The van der Waals surface area contributed by atoms with Gasteiger partial charge in [-0.15, -0.1) is 0 Å². The first kappa shape index (κ1) is 32.9. The van der Waals surface area contributed by atoms with Gasteiger partial charge in [-0.25, -0.2) is 8.78 Å². The molecule has 0 N–H and O–H groups in total. The Labute approximate surface area is 278 Å². The molecule has 47 heavy (non-hydrogen) atoms. The lowest BCUT2D eigenvalue weighted by Crippen LogP contribution is -2.55. The lowest BCUT2D eigenvalue weighted by Gasteiger charge is -2.42. The van der Waals surface area contributed by atoms with Gasteiger partial charge in [-0.05, 0) is 31.0 Å². The number of ether oxygens (including phenoxy) is 2. The third-order valence-corrected chi connectivity index (χ3v) is 9.47. The highest BCUT2D eigenvalue weighted by atomic mass is 35.5. The topological polar surface area (TPSA) is 98.1 Å². The summed E-state index contributed by atoms with van der Waals surface area (Å²) in [5.74, 6) is -2.25. The number of rotatable bonds is 9. The van der Waals surface area contributed by atoms with Crippen molar-refractivity contribution < 1.29 is 23.0 Å². The molecule has 6 rings (SSSR count). The number of methoxy groups -OCH3 is 1. The van der Waals surface area contributed by atoms with Crippen LogP contribution in [0.2, 0.25) is 5.02 Å². The molecule has 0 unspecified atom stereocenters. The van der Waals surface area contributed by atoms with Crippen LogP contribution in [-0.2, 0) is 22.5 Å². The Morgan fingerprint density at radius 1 is 1.15 bits per heavy atom. The Morgan fingerprint density at radius 3 is 2.70 bits per heavy atom. The zero-order chi connectivity index (χ0) is 33.1. The van der Waals surface area contributed by atoms with E-state index < -0.39 is 12.0 Å². The van der Waals surface area contributed by atoms with Gasteiger partial charge in [0.2, 0.25) is 5.91 Å². The molecule has 1 aromatic heterocycles. The molecule has 3 aliphatic rings. The summed E-state index contributed by atoms with van der Waals surface area (Å²) in [5.41, 5.74) is 2.75. The van der Waals surface area contributed by atoms with Crippen molar-refractivity contribution in [3.05, 3.63) is 64.8 Å². The minimum absolute atomic E-state index is 0.0279. The minimum atomic E-state index is -2.77. The number of hydrogen-bond donors (Lipinski definition) is 0. The highest BCUT2D eigenvalue weighted by Crippen LogP contribution is 2.38. The average molecular weight is 666 g/mol. The molecule has 2 saturated heterocycles. The van der Waals surface area contributed by atoms with Crippen molar-refractivity contribution in [1.29, 1.82) is 5.26 Å². The van der Waals surface area contributed by atoms with Crippen LogP contribution in [0.5, 0.6) is 6.01 Å². The Balaban J connectivity index is 1.31. The van der Waals surface area contributed by atoms with Crippen LogP contribution in [-0.4, -0.2) is 104 Å². The summed E-state index contributed by atoms with van der Waals surface area (Å²) in [7, 11) is 3.23. The van der Waals surface area contributed by atoms with E-state index in [1.807, 2.05) is 30.3 Å². The van der Waals surface area contributed by atoms with Crippen LogP contribution in [0.15, 0.2) is 48.6 Å². The summed E-state index contributed by atoms with van der Waals surface area (Å²) in [6.45, 7) is 2.50. The number of likely N-dealkylation sites (tertiary alicyclic amines) is 1. The highest BCUT2D eigenvalue weighted by molar-refractivity contribution is 6.36. The van der Waals surface area contributed by atoms with E-state index in [1.54, 1.807) is 30.0 Å². The fraction of sp³-hybridized carbons (Fsp3) is 0.471. The maximum Gasteiger partial charge on any atom is 0.318 e. The van der Waals surface area contributed by atoms with E-state index in [4.69, 9.17) is 31.0 Å². The lowest BCUT2D eigenvalue weighted by atomic mass is 10.0. The fourth-order valence-electron chi connectivity index (χ4n) is 6.83. The van der Waals surface area contributed by atoms with E-state index >= 15 is 0 Å². The Kier molecular flexibility index (Phi) is 9.77. The van der Waals surface area contributed by atoms with E-state index in [2.05, 4.69) is 21.9 Å². The van der Waals surface area contributed by atoms with Crippen molar-refractivity contribution in [2.45, 2.75) is 43.8 Å². The number of carbonyl (C=O) groups is 1. The summed E-state index contributed by atoms with van der Waals surface area (Å²) in [6, 6.07) is 13.5. The van der Waals surface area contributed by atoms with Gasteiger partial charge < -0.3 is 24.2 Å². The van der Waals surface area contributed by atoms with Crippen LogP contribution < -0.4 is 14.5 Å². The second-order valence-corrected chi connectivity index (χ2v) is 12.7. The SMILES string of the molecule is COC/C=C/C(=O)N1CCN(c2nc(OC[C@@H]3CC(F)(F)CN3C)nc3c2CCN(c2cccc4cccc(Cl)c24)C3)C[C@@H]1CC#N. The molecule has 0 spiro atoms. The molecule has 248 valence electrons. The number of hydrogen-bond acceptors (Lipinski definition) is 9. The maximum atomic E-state index is 14.1. The van der Waals surface area contributed by atoms with Gasteiger partial charge in [0.15, 0.2) is 0 Å². The number of piperazine rings is 1. The lowest BCUT2D eigenvalue weighted by molar-refractivity contribution is -0.128. The third-order valence-electron chi connectivity index (χ3n) is 9.15. The maximum absolute atomic E-state index is 14.1. The van der Waals surface area contributed by atoms with Crippen molar-refractivity contribution in [3.63, 3.8) is 0 Å². The average Bonchev–Trinajstić information content (AvgIpc) is 3.33. The number of benzene rings is 2. The molecule has 3 aromatic rings. The summed E-state index contributed by atoms with van der Waals surface area (Å²) >= 11 is 6.68. The second-order valence-electron chi connectivity index (χ2n) is 12.3. The predicted molar refractivity (Wildman–Crippen MR) is 176 cm³/mol. The highest BCUT2D eigenvalue weighted by Gasteiger charge is 2.43. The van der Waals surface area contributed by atoms with Crippen LogP contribution in [0.3, 0.4) is 0 Å². The first-order valence-electron chi connectivity index (χ1n) is 15.8. The molecule has 2 atom stereocenters. The van der Waals surface area contributed by atoms with Gasteiger partial charge in [0.1, 0.15) is 12.4 Å². The fourth-order valence-corrected chi connectivity index (χ4v) is 7.11. The van der Waals surface area contributed by atoms with E-state index in [1.165, 1.54) is 6.08 Å². The van der Waals surface area contributed by atoms with E-state index in [0.29, 0.717) is 56.6 Å². The molecular weight excluding hydrogens is 628 g/mol. The first-order valence-corrected chi connectivity index (χ1v) is 16.2. The quantitative estimate of drug-likeness (QED) is 0.302. The molecule has 0 aliphatic carbocycles. The molecule has 3 aliphatic heterocycles. The number of likely N-dealkylation sites (N-methyl/N-ethyl adjacent to an activating group) is 1. The summed E-state index contributed by atoms with van der Waals surface area (Å²) < 4.78 is 39.3. The molecule has 10 nitrogen and oxygen atoms in total. The molecule has 0 radical (unpaired) electrons. The Hall–Kier alpha value is -4.05. The van der Waals surface area contributed by atoms with Crippen LogP contribution in [0.1, 0.15) is 24.1 Å². The monoisotopic (exact) mass is 665 g/mol. The number of alkyl halides is 2. The Bertz CT molecular complexity index is 1690. The molecule has 2 aromatic carbocycles. The molecule has 4 heterocycles. The normalized spacial score (nSPS) is 21.3. The van der Waals surface area contributed by atoms with E-state index in [0.717, 1.165) is 27.7 Å². The van der Waals surface area contributed by atoms with Gasteiger partial charge in [0, 0.05) is 68.5 Å². The van der Waals surface area contributed by atoms with Gasteiger partial charge >= 0.3 is 6.01 Å². The van der Waals surface area contributed by atoms with E-state index in [9.17, 15) is 18.8 Å². The minimum Gasteiger partial charge on any atom is -0.462 e. The molecule has 0 saturated carbocycles. The number of aromatic nitrogens is 2.